The number of rotatable bonds is 7. The van der Waals surface area contributed by atoms with E-state index in [1.807, 2.05) is 24.3 Å². The summed E-state index contributed by atoms with van der Waals surface area (Å²) in [5.41, 5.74) is 18.9. The van der Waals surface area contributed by atoms with Crippen molar-refractivity contribution in [3.8, 4) is 61.8 Å². The molecule has 0 atom stereocenters. The number of furan rings is 1. The van der Waals surface area contributed by atoms with E-state index in [1.165, 1.54) is 44.2 Å². The lowest BCUT2D eigenvalue weighted by Gasteiger charge is -2.34. The molecule has 4 heteroatoms. The standard InChI is InChI=1S/C65H41N3O/c1-4-19-42(20-5-1)43-21-16-22-44(37-43)57-41-58(67-64(66-57)52-32-18-36-62-63(52)51-31-12-15-35-61(51)69-62)45-23-17-28-48(38-45)68-59-34-14-11-30-50(59)54-39-53-49-29-10-13-33-55(49)65(56(53)40-60(54)68,46-24-6-2-7-25-46)47-26-8-3-9-27-47/h1-41H. The van der Waals surface area contributed by atoms with Crippen LogP contribution in [0.1, 0.15) is 22.3 Å². The summed E-state index contributed by atoms with van der Waals surface area (Å²) < 4.78 is 8.83. The average Bonchev–Trinajstić information content (AvgIpc) is 4.07. The molecule has 0 unspecified atom stereocenters. The normalized spacial score (nSPS) is 12.8. The Morgan fingerprint density at radius 2 is 0.928 bits per heavy atom. The first kappa shape index (κ1) is 39.1. The second-order valence-corrected chi connectivity index (χ2v) is 18.0. The van der Waals surface area contributed by atoms with Gasteiger partial charge in [-0.05, 0) is 99.1 Å². The molecule has 3 heterocycles. The topological polar surface area (TPSA) is 43.9 Å². The summed E-state index contributed by atoms with van der Waals surface area (Å²) >= 11 is 0. The van der Waals surface area contributed by atoms with E-state index in [4.69, 9.17) is 14.4 Å². The monoisotopic (exact) mass is 879 g/mol. The van der Waals surface area contributed by atoms with E-state index in [9.17, 15) is 0 Å². The lowest BCUT2D eigenvalue weighted by Crippen LogP contribution is -2.28. The molecule has 0 bridgehead atoms. The van der Waals surface area contributed by atoms with Gasteiger partial charge >= 0.3 is 0 Å². The third kappa shape index (κ3) is 6.02. The zero-order valence-corrected chi connectivity index (χ0v) is 37.4. The van der Waals surface area contributed by atoms with Crippen LogP contribution >= 0.6 is 0 Å². The van der Waals surface area contributed by atoms with E-state index >= 15 is 0 Å². The van der Waals surface area contributed by atoms with E-state index in [0.29, 0.717) is 5.82 Å². The zero-order chi connectivity index (χ0) is 45.5. The molecule has 0 radical (unpaired) electrons. The van der Waals surface area contributed by atoms with Gasteiger partial charge in [-0.25, -0.2) is 9.97 Å². The molecule has 10 aromatic carbocycles. The van der Waals surface area contributed by atoms with Crippen molar-refractivity contribution in [2.75, 3.05) is 0 Å². The van der Waals surface area contributed by atoms with Crippen molar-refractivity contribution in [3.05, 3.63) is 271 Å². The maximum absolute atomic E-state index is 6.39. The Morgan fingerprint density at radius 1 is 0.348 bits per heavy atom. The van der Waals surface area contributed by atoms with Crippen LogP contribution in [-0.4, -0.2) is 14.5 Å². The Labute approximate surface area is 399 Å². The molecule has 0 saturated carbocycles. The number of benzene rings is 10. The molecular formula is C65H41N3O. The fraction of sp³-hybridized carbons (Fsp3) is 0.0154. The van der Waals surface area contributed by atoms with Gasteiger partial charge in [-0.3, -0.25) is 0 Å². The smallest absolute Gasteiger partial charge is 0.161 e. The van der Waals surface area contributed by atoms with Gasteiger partial charge < -0.3 is 8.98 Å². The van der Waals surface area contributed by atoms with Gasteiger partial charge in [0.15, 0.2) is 5.82 Å². The molecule has 4 nitrogen and oxygen atoms in total. The summed E-state index contributed by atoms with van der Waals surface area (Å²) in [6, 6.07) is 89.4. The minimum absolute atomic E-state index is 0.527. The van der Waals surface area contributed by atoms with Crippen LogP contribution in [0, 0.1) is 0 Å². The lowest BCUT2D eigenvalue weighted by atomic mass is 9.67. The van der Waals surface area contributed by atoms with Gasteiger partial charge in [0.25, 0.3) is 0 Å². The van der Waals surface area contributed by atoms with Gasteiger partial charge in [0.05, 0.1) is 27.8 Å². The van der Waals surface area contributed by atoms with Gasteiger partial charge in [0.2, 0.25) is 0 Å². The fourth-order valence-corrected chi connectivity index (χ4v) is 11.3. The summed E-state index contributed by atoms with van der Waals surface area (Å²) in [5.74, 6) is 0.639. The van der Waals surface area contributed by atoms with Crippen LogP contribution in [0.2, 0.25) is 0 Å². The Bertz CT molecular complexity index is 4090. The predicted molar refractivity (Wildman–Crippen MR) is 283 cm³/mol. The lowest BCUT2D eigenvalue weighted by molar-refractivity contribution is 0.669. The van der Waals surface area contributed by atoms with Crippen molar-refractivity contribution >= 4 is 43.7 Å². The van der Waals surface area contributed by atoms with Crippen LogP contribution in [0.15, 0.2) is 253 Å². The summed E-state index contributed by atoms with van der Waals surface area (Å²) in [5, 5.41) is 4.47. The Kier molecular flexibility index (Phi) is 8.77. The van der Waals surface area contributed by atoms with Crippen LogP contribution in [-0.2, 0) is 5.41 Å². The molecule has 0 amide bonds. The van der Waals surface area contributed by atoms with Crippen molar-refractivity contribution in [1.82, 2.24) is 14.5 Å². The van der Waals surface area contributed by atoms with E-state index < -0.39 is 5.41 Å². The zero-order valence-electron chi connectivity index (χ0n) is 37.4. The van der Waals surface area contributed by atoms with Crippen LogP contribution in [0.25, 0.3) is 106 Å². The van der Waals surface area contributed by atoms with Crippen molar-refractivity contribution in [1.29, 1.82) is 0 Å². The number of aromatic nitrogens is 3. The molecule has 69 heavy (non-hydrogen) atoms. The molecule has 3 aromatic heterocycles. The van der Waals surface area contributed by atoms with Crippen LogP contribution in [0.4, 0.5) is 0 Å². The first-order chi connectivity index (χ1) is 34.2. The van der Waals surface area contributed by atoms with Crippen molar-refractivity contribution in [2.24, 2.45) is 0 Å². The first-order valence-electron chi connectivity index (χ1n) is 23.6. The largest absolute Gasteiger partial charge is 0.456 e. The number of nitrogens with zero attached hydrogens (tertiary/aromatic N) is 3. The molecule has 0 fully saturated rings. The molecule has 14 rings (SSSR count). The Morgan fingerprint density at radius 3 is 1.71 bits per heavy atom. The Hall–Kier alpha value is -9.12. The highest BCUT2D eigenvalue weighted by atomic mass is 16.3. The Balaban J connectivity index is 1.00. The van der Waals surface area contributed by atoms with Crippen LogP contribution in [0.5, 0.6) is 0 Å². The maximum atomic E-state index is 6.39. The summed E-state index contributed by atoms with van der Waals surface area (Å²) in [7, 11) is 0. The molecule has 1 aliphatic rings. The minimum Gasteiger partial charge on any atom is -0.456 e. The van der Waals surface area contributed by atoms with Gasteiger partial charge in [0.1, 0.15) is 11.2 Å². The molecule has 0 aliphatic heterocycles. The summed E-state index contributed by atoms with van der Waals surface area (Å²) in [6.45, 7) is 0. The third-order valence-corrected chi connectivity index (χ3v) is 14.3. The first-order valence-corrected chi connectivity index (χ1v) is 23.6. The van der Waals surface area contributed by atoms with E-state index in [-0.39, 0.29) is 0 Å². The summed E-state index contributed by atoms with van der Waals surface area (Å²) in [4.78, 5) is 10.8. The van der Waals surface area contributed by atoms with Gasteiger partial charge in [-0.15, -0.1) is 0 Å². The van der Waals surface area contributed by atoms with Gasteiger partial charge in [0, 0.05) is 43.9 Å². The average molecular weight is 880 g/mol. The van der Waals surface area contributed by atoms with E-state index in [2.05, 4.69) is 229 Å². The molecule has 0 N–H and O–H groups in total. The molecule has 1 aliphatic carbocycles. The molecule has 13 aromatic rings. The number of hydrogen-bond acceptors (Lipinski definition) is 3. The van der Waals surface area contributed by atoms with E-state index in [1.54, 1.807) is 0 Å². The van der Waals surface area contributed by atoms with E-state index in [0.717, 1.165) is 77.9 Å². The SMILES string of the molecule is c1ccc(-c2cccc(-c3cc(-c4cccc(-n5c6ccccc6c6cc7c(cc65)C(c5ccccc5)(c5ccccc5)c5ccccc5-7)c4)nc(-c4cccc5oc6ccccc6c45)n3)c2)cc1. The number of hydrogen-bond donors (Lipinski definition) is 0. The van der Waals surface area contributed by atoms with Gasteiger partial charge in [-0.2, -0.15) is 0 Å². The third-order valence-electron chi connectivity index (χ3n) is 14.3. The highest BCUT2D eigenvalue weighted by Crippen LogP contribution is 2.57. The minimum atomic E-state index is -0.527. The molecular weight excluding hydrogens is 839 g/mol. The quantitative estimate of drug-likeness (QED) is 0.160. The predicted octanol–water partition coefficient (Wildman–Crippen LogP) is 16.5. The number of fused-ring (bicyclic) bond motifs is 9. The summed E-state index contributed by atoms with van der Waals surface area (Å²) in [6.07, 6.45) is 0. The van der Waals surface area contributed by atoms with Gasteiger partial charge in [-0.1, -0.05) is 194 Å². The second kappa shape index (κ2) is 15.5. The van der Waals surface area contributed by atoms with Crippen molar-refractivity contribution in [2.45, 2.75) is 5.41 Å². The maximum Gasteiger partial charge on any atom is 0.161 e. The molecule has 0 saturated heterocycles. The molecule has 0 spiro atoms. The van der Waals surface area contributed by atoms with Crippen LogP contribution in [0.3, 0.4) is 0 Å². The fourth-order valence-electron chi connectivity index (χ4n) is 11.3. The highest BCUT2D eigenvalue weighted by molar-refractivity contribution is 6.13. The second-order valence-electron chi connectivity index (χ2n) is 18.0. The van der Waals surface area contributed by atoms with Crippen LogP contribution < -0.4 is 0 Å². The number of para-hydroxylation sites is 2. The van der Waals surface area contributed by atoms with Crippen molar-refractivity contribution in [3.63, 3.8) is 0 Å². The highest BCUT2D eigenvalue weighted by Gasteiger charge is 2.46. The van der Waals surface area contributed by atoms with Crippen molar-refractivity contribution < 1.29 is 4.42 Å². The molecule has 322 valence electrons.